The standard InChI is InChI=1S/C15H23NO7/c1-13(2,3)22-11(20)16(12(21)23-14(4,5)6)15(10(18)19)7-9(15)8-17/h8-9H,7H2,1-6H3,(H,18,19). The number of nitrogens with zero attached hydrogens (tertiary/aromatic N) is 1. The van der Waals surface area contributed by atoms with Gasteiger partial charge in [-0.3, -0.25) is 0 Å². The second-order valence-corrected chi connectivity index (χ2v) is 7.47. The van der Waals surface area contributed by atoms with Gasteiger partial charge in [-0.2, -0.15) is 4.90 Å². The van der Waals surface area contributed by atoms with Crippen molar-refractivity contribution in [1.82, 2.24) is 4.90 Å². The van der Waals surface area contributed by atoms with E-state index >= 15 is 0 Å². The van der Waals surface area contributed by atoms with Gasteiger partial charge in [0, 0.05) is 0 Å². The highest BCUT2D eigenvalue weighted by molar-refractivity contribution is 6.01. The number of amides is 2. The summed E-state index contributed by atoms with van der Waals surface area (Å²) in [5, 5.41) is 9.45. The van der Waals surface area contributed by atoms with Gasteiger partial charge in [0.1, 0.15) is 17.5 Å². The molecule has 8 heteroatoms. The molecule has 0 aromatic carbocycles. The van der Waals surface area contributed by atoms with E-state index in [1.54, 1.807) is 41.5 Å². The van der Waals surface area contributed by atoms with Crippen molar-refractivity contribution in [3.8, 4) is 0 Å². The summed E-state index contributed by atoms with van der Waals surface area (Å²) in [7, 11) is 0. The van der Waals surface area contributed by atoms with Gasteiger partial charge in [0.25, 0.3) is 0 Å². The van der Waals surface area contributed by atoms with Crippen molar-refractivity contribution < 1.29 is 33.8 Å². The van der Waals surface area contributed by atoms with Gasteiger partial charge < -0.3 is 19.4 Å². The molecule has 1 aliphatic rings. The van der Waals surface area contributed by atoms with E-state index in [1.807, 2.05) is 0 Å². The van der Waals surface area contributed by atoms with E-state index in [0.29, 0.717) is 11.2 Å². The first kappa shape index (κ1) is 18.9. The molecule has 0 heterocycles. The van der Waals surface area contributed by atoms with Crippen LogP contribution in [-0.2, 0) is 19.1 Å². The summed E-state index contributed by atoms with van der Waals surface area (Å²) in [6, 6.07) is 0. The molecule has 1 fully saturated rings. The average molecular weight is 329 g/mol. The smallest absolute Gasteiger partial charge is 0.420 e. The Labute approximate surface area is 134 Å². The van der Waals surface area contributed by atoms with E-state index < -0.39 is 40.8 Å². The van der Waals surface area contributed by atoms with E-state index in [2.05, 4.69) is 0 Å². The Morgan fingerprint density at radius 2 is 1.43 bits per heavy atom. The molecule has 0 aromatic heterocycles. The molecular weight excluding hydrogens is 306 g/mol. The molecule has 8 nitrogen and oxygen atoms in total. The Balaban J connectivity index is 3.22. The predicted molar refractivity (Wildman–Crippen MR) is 78.8 cm³/mol. The Bertz CT molecular complexity index is 501. The maximum Gasteiger partial charge on any atom is 0.420 e. The number of rotatable bonds is 3. The minimum Gasteiger partial charge on any atom is -0.479 e. The Morgan fingerprint density at radius 1 is 1.04 bits per heavy atom. The summed E-state index contributed by atoms with van der Waals surface area (Å²) in [6.45, 7) is 9.47. The molecule has 0 radical (unpaired) electrons. The van der Waals surface area contributed by atoms with Crippen LogP contribution >= 0.6 is 0 Å². The van der Waals surface area contributed by atoms with Crippen LogP contribution in [0.4, 0.5) is 9.59 Å². The second-order valence-electron chi connectivity index (χ2n) is 7.47. The number of aldehydes is 1. The van der Waals surface area contributed by atoms with Gasteiger partial charge in [0.15, 0.2) is 5.54 Å². The summed E-state index contributed by atoms with van der Waals surface area (Å²) >= 11 is 0. The minimum absolute atomic E-state index is 0.162. The lowest BCUT2D eigenvalue weighted by Gasteiger charge is -2.32. The van der Waals surface area contributed by atoms with Crippen LogP contribution in [0.15, 0.2) is 0 Å². The fraction of sp³-hybridized carbons (Fsp3) is 0.733. The van der Waals surface area contributed by atoms with Crippen LogP contribution in [0.5, 0.6) is 0 Å². The van der Waals surface area contributed by atoms with Crippen molar-refractivity contribution in [2.45, 2.75) is 64.7 Å². The van der Waals surface area contributed by atoms with E-state index in [-0.39, 0.29) is 6.42 Å². The number of carbonyl (C=O) groups excluding carboxylic acids is 3. The number of hydrogen-bond donors (Lipinski definition) is 1. The number of imide groups is 1. The lowest BCUT2D eigenvalue weighted by atomic mass is 10.1. The highest BCUT2D eigenvalue weighted by atomic mass is 16.6. The quantitative estimate of drug-likeness (QED) is 0.790. The molecule has 130 valence electrons. The minimum atomic E-state index is -1.95. The van der Waals surface area contributed by atoms with Crippen LogP contribution in [0.25, 0.3) is 0 Å². The SMILES string of the molecule is CC(C)(C)OC(=O)N(C(=O)OC(C)(C)C)C1(C(=O)O)CC1C=O. The number of carboxylic acids is 1. The fourth-order valence-corrected chi connectivity index (χ4v) is 2.05. The van der Waals surface area contributed by atoms with Crippen molar-refractivity contribution in [3.05, 3.63) is 0 Å². The van der Waals surface area contributed by atoms with E-state index in [0.717, 1.165) is 0 Å². The molecule has 2 amide bonds. The van der Waals surface area contributed by atoms with E-state index in [1.165, 1.54) is 0 Å². The molecule has 0 aromatic rings. The van der Waals surface area contributed by atoms with Gasteiger partial charge in [-0.1, -0.05) is 0 Å². The number of aliphatic carboxylic acids is 1. The number of hydrogen-bond acceptors (Lipinski definition) is 6. The fourth-order valence-electron chi connectivity index (χ4n) is 2.05. The lowest BCUT2D eigenvalue weighted by Crippen LogP contribution is -2.54. The molecule has 0 spiro atoms. The molecule has 0 bridgehead atoms. The first-order valence-electron chi connectivity index (χ1n) is 7.19. The average Bonchev–Trinajstić information content (AvgIpc) is 2.99. The molecule has 0 saturated heterocycles. The molecule has 2 unspecified atom stereocenters. The Morgan fingerprint density at radius 3 is 1.65 bits per heavy atom. The van der Waals surface area contributed by atoms with Crippen molar-refractivity contribution in [2.24, 2.45) is 5.92 Å². The highest BCUT2D eigenvalue weighted by Gasteiger charge is 2.69. The monoisotopic (exact) mass is 329 g/mol. The first-order valence-corrected chi connectivity index (χ1v) is 7.19. The second kappa shape index (κ2) is 5.82. The third-order valence-electron chi connectivity index (χ3n) is 3.07. The molecule has 1 rings (SSSR count). The van der Waals surface area contributed by atoms with Crippen LogP contribution in [0.2, 0.25) is 0 Å². The van der Waals surface area contributed by atoms with Crippen molar-refractivity contribution in [2.75, 3.05) is 0 Å². The molecule has 0 aliphatic heterocycles. The van der Waals surface area contributed by atoms with Gasteiger partial charge >= 0.3 is 18.2 Å². The predicted octanol–water partition coefficient (Wildman–Crippen LogP) is 2.20. The molecule has 2 atom stereocenters. The molecule has 23 heavy (non-hydrogen) atoms. The first-order chi connectivity index (χ1) is 10.2. The van der Waals surface area contributed by atoms with Gasteiger partial charge in [-0.25, -0.2) is 14.4 Å². The molecule has 1 aliphatic carbocycles. The topological polar surface area (TPSA) is 110 Å². The zero-order valence-electron chi connectivity index (χ0n) is 14.2. The van der Waals surface area contributed by atoms with Crippen LogP contribution < -0.4 is 0 Å². The van der Waals surface area contributed by atoms with Crippen LogP contribution in [0.1, 0.15) is 48.0 Å². The van der Waals surface area contributed by atoms with Crippen molar-refractivity contribution in [3.63, 3.8) is 0 Å². The van der Waals surface area contributed by atoms with E-state index in [4.69, 9.17) is 9.47 Å². The number of carboxylic acid groups (broad SMARTS) is 1. The third kappa shape index (κ3) is 4.20. The summed E-state index contributed by atoms with van der Waals surface area (Å²) in [4.78, 5) is 47.8. The van der Waals surface area contributed by atoms with Gasteiger partial charge in [0.05, 0.1) is 5.92 Å². The van der Waals surface area contributed by atoms with Crippen molar-refractivity contribution in [1.29, 1.82) is 0 Å². The molecular formula is C15H23NO7. The van der Waals surface area contributed by atoms with Crippen LogP contribution in [-0.4, -0.2) is 51.2 Å². The maximum atomic E-state index is 12.4. The number of ether oxygens (including phenoxy) is 2. The summed E-state index contributed by atoms with van der Waals surface area (Å²) < 4.78 is 10.2. The van der Waals surface area contributed by atoms with Gasteiger partial charge in [0.2, 0.25) is 0 Å². The molecule has 1 saturated carbocycles. The van der Waals surface area contributed by atoms with Gasteiger partial charge in [-0.05, 0) is 48.0 Å². The third-order valence-corrected chi connectivity index (χ3v) is 3.07. The maximum absolute atomic E-state index is 12.4. The van der Waals surface area contributed by atoms with Crippen molar-refractivity contribution >= 4 is 24.4 Å². The summed E-state index contributed by atoms with van der Waals surface area (Å²) in [6.07, 6.45) is -2.06. The molecule has 1 N–H and O–H groups in total. The number of carbonyl (C=O) groups is 4. The summed E-state index contributed by atoms with van der Waals surface area (Å²) in [5.41, 5.74) is -3.84. The Kier molecular flexibility index (Phi) is 4.79. The summed E-state index contributed by atoms with van der Waals surface area (Å²) in [5.74, 6) is -2.44. The highest BCUT2D eigenvalue weighted by Crippen LogP contribution is 2.48. The van der Waals surface area contributed by atoms with Gasteiger partial charge in [-0.15, -0.1) is 0 Å². The lowest BCUT2D eigenvalue weighted by molar-refractivity contribution is -0.146. The van der Waals surface area contributed by atoms with Crippen LogP contribution in [0.3, 0.4) is 0 Å². The zero-order chi connectivity index (χ0) is 18.2. The van der Waals surface area contributed by atoms with E-state index in [9.17, 15) is 24.3 Å². The largest absolute Gasteiger partial charge is 0.479 e. The zero-order valence-corrected chi connectivity index (χ0v) is 14.2. The van der Waals surface area contributed by atoms with Crippen LogP contribution in [0, 0.1) is 5.92 Å². The normalized spacial score (nSPS) is 23.7. The Hall–Kier alpha value is -2.12.